The molecule has 3 rings (SSSR count). The predicted octanol–water partition coefficient (Wildman–Crippen LogP) is 3.98. The molecule has 0 fully saturated rings. The number of rotatable bonds is 6. The Labute approximate surface area is 170 Å². The van der Waals surface area contributed by atoms with Gasteiger partial charge in [-0.25, -0.2) is 4.98 Å². The van der Waals surface area contributed by atoms with E-state index in [-0.39, 0.29) is 17.7 Å². The van der Waals surface area contributed by atoms with E-state index in [1.165, 1.54) is 24.3 Å². The summed E-state index contributed by atoms with van der Waals surface area (Å²) in [4.78, 5) is 15.6. The number of fused-ring (bicyclic) bond motifs is 1. The minimum atomic E-state index is -4.78. The summed E-state index contributed by atoms with van der Waals surface area (Å²) in [6.45, 7) is 3.63. The monoisotopic (exact) mass is 414 g/mol. The molecule has 2 N–H and O–H groups in total. The summed E-state index contributed by atoms with van der Waals surface area (Å²) in [5.74, 6) is -0.953. The molecule has 1 heterocycles. The first-order valence-corrected chi connectivity index (χ1v) is 8.81. The van der Waals surface area contributed by atoms with Crippen LogP contribution in [0.4, 0.5) is 13.2 Å². The molecule has 6 nitrogen and oxygen atoms in total. The van der Waals surface area contributed by atoms with Gasteiger partial charge in [-0.15, -0.1) is 13.2 Å². The first-order valence-electron chi connectivity index (χ1n) is 8.81. The number of primary amides is 1. The first-order chi connectivity index (χ1) is 14.1. The second-order valence-corrected chi connectivity index (χ2v) is 6.66. The molecule has 1 aromatic heterocycles. The molecule has 0 bridgehead atoms. The highest BCUT2D eigenvalue weighted by Crippen LogP contribution is 2.34. The topological polar surface area (TPSA) is 93.9 Å². The van der Waals surface area contributed by atoms with Crippen LogP contribution in [0.5, 0.6) is 5.75 Å². The van der Waals surface area contributed by atoms with E-state index < -0.39 is 12.3 Å². The number of hydrogen-bond acceptors (Lipinski definition) is 4. The summed E-state index contributed by atoms with van der Waals surface area (Å²) < 4.78 is 42.9. The van der Waals surface area contributed by atoms with Crippen LogP contribution in [0.2, 0.25) is 0 Å². The Balaban J connectivity index is 2.09. The molecule has 154 valence electrons. The standard InChI is InChI=1S/C21H17F3N4O2/c1-12(20(26)29)3-4-14-9-16(18-19(17(14)10-25)28(2)11-27-18)13-5-7-15(8-6-13)30-21(22,23)24/h5-9,11H,1,3-4H2,2H3,(H2,26,29). The van der Waals surface area contributed by atoms with Gasteiger partial charge in [0.2, 0.25) is 5.91 Å². The van der Waals surface area contributed by atoms with Crippen molar-refractivity contribution >= 4 is 16.9 Å². The van der Waals surface area contributed by atoms with Crippen LogP contribution in [0, 0.1) is 11.3 Å². The summed E-state index contributed by atoms with van der Waals surface area (Å²) in [6, 6.07) is 9.34. The fourth-order valence-electron chi connectivity index (χ4n) is 3.18. The number of nitriles is 1. The molecule has 9 heteroatoms. The molecule has 0 spiro atoms. The molecule has 0 aliphatic carbocycles. The van der Waals surface area contributed by atoms with Gasteiger partial charge in [0.05, 0.1) is 22.9 Å². The molecular weight excluding hydrogens is 397 g/mol. The number of nitrogens with two attached hydrogens (primary N) is 1. The zero-order valence-corrected chi connectivity index (χ0v) is 16.0. The molecule has 2 aromatic carbocycles. The van der Waals surface area contributed by atoms with Gasteiger partial charge in [-0.3, -0.25) is 4.79 Å². The van der Waals surface area contributed by atoms with E-state index in [0.717, 1.165) is 0 Å². The lowest BCUT2D eigenvalue weighted by Gasteiger charge is -2.13. The second kappa shape index (κ2) is 7.91. The summed E-state index contributed by atoms with van der Waals surface area (Å²) in [6.07, 6.45) is -2.61. The molecule has 0 aliphatic heterocycles. The van der Waals surface area contributed by atoms with Gasteiger partial charge in [-0.1, -0.05) is 18.7 Å². The number of carbonyl (C=O) groups excluding carboxylic acids is 1. The maximum absolute atomic E-state index is 12.4. The van der Waals surface area contributed by atoms with Crippen molar-refractivity contribution in [3.63, 3.8) is 0 Å². The fourth-order valence-corrected chi connectivity index (χ4v) is 3.18. The van der Waals surface area contributed by atoms with E-state index in [2.05, 4.69) is 22.4 Å². The van der Waals surface area contributed by atoms with Crippen LogP contribution in [0.1, 0.15) is 17.5 Å². The highest BCUT2D eigenvalue weighted by atomic mass is 19.4. The molecule has 0 aliphatic rings. The highest BCUT2D eigenvalue weighted by Gasteiger charge is 2.31. The van der Waals surface area contributed by atoms with Crippen molar-refractivity contribution in [1.29, 1.82) is 5.26 Å². The van der Waals surface area contributed by atoms with Crippen molar-refractivity contribution in [1.82, 2.24) is 9.55 Å². The van der Waals surface area contributed by atoms with Crippen LogP contribution in [0.25, 0.3) is 22.2 Å². The van der Waals surface area contributed by atoms with Gasteiger partial charge in [-0.05, 0) is 42.2 Å². The van der Waals surface area contributed by atoms with E-state index in [0.29, 0.717) is 39.7 Å². The third-order valence-electron chi connectivity index (χ3n) is 4.62. The van der Waals surface area contributed by atoms with E-state index >= 15 is 0 Å². The van der Waals surface area contributed by atoms with Crippen LogP contribution in [0.15, 0.2) is 48.8 Å². The number of alkyl halides is 3. The third-order valence-corrected chi connectivity index (χ3v) is 4.62. The molecule has 1 amide bonds. The average Bonchev–Trinajstić information content (AvgIpc) is 3.06. The summed E-state index contributed by atoms with van der Waals surface area (Å²) >= 11 is 0. The zero-order valence-electron chi connectivity index (χ0n) is 16.0. The van der Waals surface area contributed by atoms with Gasteiger partial charge >= 0.3 is 6.36 Å². The first kappa shape index (κ1) is 20.9. The largest absolute Gasteiger partial charge is 0.573 e. The summed E-state index contributed by atoms with van der Waals surface area (Å²) in [5, 5.41) is 9.71. The summed E-state index contributed by atoms with van der Waals surface area (Å²) in [7, 11) is 1.74. The van der Waals surface area contributed by atoms with Gasteiger partial charge in [0, 0.05) is 18.2 Å². The molecule has 0 radical (unpaired) electrons. The molecule has 3 aromatic rings. The van der Waals surface area contributed by atoms with E-state index in [9.17, 15) is 23.2 Å². The lowest BCUT2D eigenvalue weighted by atomic mass is 9.93. The number of hydrogen-bond donors (Lipinski definition) is 1. The Morgan fingerprint density at radius 1 is 1.33 bits per heavy atom. The number of aryl methyl sites for hydroxylation is 2. The highest BCUT2D eigenvalue weighted by molar-refractivity contribution is 5.96. The van der Waals surface area contributed by atoms with Crippen LogP contribution in [0.3, 0.4) is 0 Å². The average molecular weight is 414 g/mol. The number of halogens is 3. The lowest BCUT2D eigenvalue weighted by Crippen LogP contribution is -2.16. The van der Waals surface area contributed by atoms with Gasteiger partial charge < -0.3 is 15.0 Å². The lowest BCUT2D eigenvalue weighted by molar-refractivity contribution is -0.274. The molecule has 0 atom stereocenters. The van der Waals surface area contributed by atoms with Crippen molar-refractivity contribution < 1.29 is 22.7 Å². The Kier molecular flexibility index (Phi) is 5.52. The normalized spacial score (nSPS) is 11.3. The maximum atomic E-state index is 12.4. The number of aromatic nitrogens is 2. The van der Waals surface area contributed by atoms with Crippen LogP contribution in [-0.4, -0.2) is 21.8 Å². The van der Waals surface area contributed by atoms with Crippen molar-refractivity contribution in [3.05, 3.63) is 59.9 Å². The van der Waals surface area contributed by atoms with Crippen LogP contribution < -0.4 is 10.5 Å². The molecule has 0 saturated carbocycles. The minimum Gasteiger partial charge on any atom is -0.406 e. The fraction of sp³-hybridized carbons (Fsp3) is 0.190. The quantitative estimate of drug-likeness (QED) is 0.617. The maximum Gasteiger partial charge on any atom is 0.573 e. The Morgan fingerprint density at radius 3 is 2.57 bits per heavy atom. The van der Waals surface area contributed by atoms with E-state index in [4.69, 9.17) is 5.73 Å². The van der Waals surface area contributed by atoms with Gasteiger partial charge in [0.15, 0.2) is 0 Å². The molecule has 30 heavy (non-hydrogen) atoms. The molecular formula is C21H17F3N4O2. The van der Waals surface area contributed by atoms with Crippen molar-refractivity contribution in [3.8, 4) is 22.9 Å². The Morgan fingerprint density at radius 2 is 2.00 bits per heavy atom. The second-order valence-electron chi connectivity index (χ2n) is 6.66. The number of benzene rings is 2. The van der Waals surface area contributed by atoms with Crippen LogP contribution >= 0.6 is 0 Å². The van der Waals surface area contributed by atoms with Crippen LogP contribution in [-0.2, 0) is 18.3 Å². The number of amides is 1. The van der Waals surface area contributed by atoms with Crippen molar-refractivity contribution in [2.24, 2.45) is 12.8 Å². The Bertz CT molecular complexity index is 1170. The number of carbonyl (C=O) groups is 1. The number of nitrogens with zero attached hydrogens (tertiary/aromatic N) is 3. The predicted molar refractivity (Wildman–Crippen MR) is 104 cm³/mol. The smallest absolute Gasteiger partial charge is 0.406 e. The number of imidazole rings is 1. The molecule has 0 saturated heterocycles. The van der Waals surface area contributed by atoms with Gasteiger partial charge in [0.1, 0.15) is 11.8 Å². The summed E-state index contributed by atoms with van der Waals surface area (Å²) in [5.41, 5.74) is 8.91. The van der Waals surface area contributed by atoms with Crippen molar-refractivity contribution in [2.75, 3.05) is 0 Å². The Hall–Kier alpha value is -3.80. The van der Waals surface area contributed by atoms with Crippen molar-refractivity contribution in [2.45, 2.75) is 19.2 Å². The minimum absolute atomic E-state index is 0.235. The zero-order chi connectivity index (χ0) is 22.1. The van der Waals surface area contributed by atoms with Gasteiger partial charge in [-0.2, -0.15) is 5.26 Å². The number of ether oxygens (including phenoxy) is 1. The van der Waals surface area contributed by atoms with E-state index in [1.807, 2.05) is 0 Å². The van der Waals surface area contributed by atoms with E-state index in [1.54, 1.807) is 24.0 Å². The van der Waals surface area contributed by atoms with Gasteiger partial charge in [0.25, 0.3) is 0 Å². The molecule has 0 unspecified atom stereocenters. The third kappa shape index (κ3) is 4.27. The SMILES string of the molecule is C=C(CCc1cc(-c2ccc(OC(F)(F)F)cc2)c2ncn(C)c2c1C#N)C(N)=O.